The molecule has 6 rings (SSSR count). The van der Waals surface area contributed by atoms with Gasteiger partial charge in [0.25, 0.3) is 0 Å². The molecule has 0 saturated carbocycles. The molecular formula is C25H19N3Pt. The van der Waals surface area contributed by atoms with Crippen LogP contribution >= 0.6 is 0 Å². The van der Waals surface area contributed by atoms with Crippen molar-refractivity contribution in [1.82, 2.24) is 4.98 Å². The Hall–Kier alpha value is -2.38. The minimum absolute atomic E-state index is 0. The smallest absolute Gasteiger partial charge is 0.288 e. The predicted molar refractivity (Wildman–Crippen MR) is 112 cm³/mol. The van der Waals surface area contributed by atoms with E-state index in [9.17, 15) is 0 Å². The number of benzene rings is 2. The Balaban J connectivity index is 0.00000181. The van der Waals surface area contributed by atoms with Crippen LogP contribution in [0.2, 0.25) is 0 Å². The molecule has 1 aromatic heterocycles. The summed E-state index contributed by atoms with van der Waals surface area (Å²) in [7, 11) is 0. The van der Waals surface area contributed by atoms with E-state index < -0.39 is 0 Å². The second-order valence-corrected chi connectivity index (χ2v) is 8.84. The number of rotatable bonds is 0. The molecule has 8 bridgehead atoms. The van der Waals surface area contributed by atoms with Gasteiger partial charge in [0.05, 0.1) is 11.4 Å². The van der Waals surface area contributed by atoms with E-state index in [-0.39, 0.29) is 31.9 Å². The fourth-order valence-electron chi connectivity index (χ4n) is 4.69. The van der Waals surface area contributed by atoms with Crippen LogP contribution in [0.5, 0.6) is 0 Å². The summed E-state index contributed by atoms with van der Waals surface area (Å²) in [6, 6.07) is 19.7. The second kappa shape index (κ2) is 5.83. The van der Waals surface area contributed by atoms with Gasteiger partial charge in [0.15, 0.2) is 0 Å². The number of hydrogen-bond donors (Lipinski definition) is 0. The van der Waals surface area contributed by atoms with Crippen LogP contribution < -0.4 is 0 Å². The summed E-state index contributed by atoms with van der Waals surface area (Å²) in [5.41, 5.74) is 9.59. The Bertz CT molecular complexity index is 1170. The molecule has 144 valence electrons. The monoisotopic (exact) mass is 556 g/mol. The van der Waals surface area contributed by atoms with Crippen LogP contribution in [0.4, 0.5) is 11.4 Å². The molecule has 4 heteroatoms. The van der Waals surface area contributed by atoms with Crippen LogP contribution in [0.25, 0.3) is 11.1 Å². The van der Waals surface area contributed by atoms with Gasteiger partial charge in [0, 0.05) is 22.6 Å². The number of fused-ring (bicyclic) bond motifs is 7. The largest absolute Gasteiger partial charge is 2.00 e. The first-order valence-electron chi connectivity index (χ1n) is 9.65. The van der Waals surface area contributed by atoms with E-state index in [1.807, 2.05) is 6.20 Å². The molecule has 29 heavy (non-hydrogen) atoms. The Morgan fingerprint density at radius 1 is 0.690 bits per heavy atom. The summed E-state index contributed by atoms with van der Waals surface area (Å²) in [5.74, 6) is 0. The summed E-state index contributed by atoms with van der Waals surface area (Å²) < 4.78 is 0. The number of aliphatic imine (C=N–C) groups is 2. The Morgan fingerprint density at radius 2 is 1.21 bits per heavy atom. The first-order chi connectivity index (χ1) is 13.4. The maximum atomic E-state index is 5.11. The van der Waals surface area contributed by atoms with Gasteiger partial charge in [-0.1, -0.05) is 27.7 Å². The minimum atomic E-state index is -0.293. The fourth-order valence-corrected chi connectivity index (χ4v) is 4.69. The van der Waals surface area contributed by atoms with Crippen molar-refractivity contribution in [3.8, 4) is 11.1 Å². The summed E-state index contributed by atoms with van der Waals surface area (Å²) in [4.78, 5) is 15.1. The standard InChI is InChI=1S/C25H19N3.Pt/c1-24(2)18-13-26-23-20-19(18)27-21(24)16-9-5-7-14(11-16)15-8-6-10-17(12-15)22(28-20)25(23,3)4;/h5-10,13H,1-4H3;/q-2;+2. The zero-order valence-electron chi connectivity index (χ0n) is 16.7. The average molecular weight is 557 g/mol. The summed E-state index contributed by atoms with van der Waals surface area (Å²) >= 11 is 0. The Morgan fingerprint density at radius 3 is 1.83 bits per heavy atom. The molecule has 3 nitrogen and oxygen atoms in total. The summed E-state index contributed by atoms with van der Waals surface area (Å²) in [6.07, 6.45) is 2.00. The Labute approximate surface area is 185 Å². The van der Waals surface area contributed by atoms with E-state index in [0.717, 1.165) is 56.3 Å². The molecule has 0 fully saturated rings. The molecule has 0 unspecified atom stereocenters. The molecule has 3 aliphatic rings. The van der Waals surface area contributed by atoms with Gasteiger partial charge in [0.1, 0.15) is 5.69 Å². The van der Waals surface area contributed by atoms with Crippen LogP contribution in [-0.2, 0) is 31.9 Å². The maximum absolute atomic E-state index is 5.11. The topological polar surface area (TPSA) is 37.6 Å². The molecule has 2 aromatic carbocycles. The molecule has 3 aromatic rings. The van der Waals surface area contributed by atoms with Gasteiger partial charge >= 0.3 is 21.1 Å². The van der Waals surface area contributed by atoms with Gasteiger partial charge in [-0.3, -0.25) is 15.0 Å². The zero-order chi connectivity index (χ0) is 19.3. The van der Waals surface area contributed by atoms with Crippen LogP contribution in [0.3, 0.4) is 0 Å². The van der Waals surface area contributed by atoms with E-state index in [1.165, 1.54) is 0 Å². The van der Waals surface area contributed by atoms with Gasteiger partial charge in [0.2, 0.25) is 0 Å². The molecule has 4 heterocycles. The van der Waals surface area contributed by atoms with Gasteiger partial charge in [-0.15, -0.1) is 35.4 Å². The molecule has 0 spiro atoms. The third-order valence-electron chi connectivity index (χ3n) is 6.31. The number of aromatic nitrogens is 1. The normalized spacial score (nSPS) is 18.3. The van der Waals surface area contributed by atoms with Gasteiger partial charge in [-0.25, -0.2) is 0 Å². The molecule has 0 atom stereocenters. The molecule has 0 saturated heterocycles. The van der Waals surface area contributed by atoms with E-state index in [4.69, 9.17) is 15.0 Å². The number of hydrogen-bond acceptors (Lipinski definition) is 3. The van der Waals surface area contributed by atoms with Crippen molar-refractivity contribution in [3.63, 3.8) is 0 Å². The Kier molecular flexibility index (Phi) is 3.74. The van der Waals surface area contributed by atoms with Crippen molar-refractivity contribution >= 4 is 22.8 Å². The first kappa shape index (κ1) is 18.6. The average Bonchev–Trinajstić information content (AvgIpc) is 3.12. The number of nitrogens with zero attached hydrogens (tertiary/aromatic N) is 3. The van der Waals surface area contributed by atoms with E-state index >= 15 is 0 Å². The third-order valence-corrected chi connectivity index (χ3v) is 6.31. The summed E-state index contributed by atoms with van der Waals surface area (Å²) in [6.45, 7) is 8.80. The van der Waals surface area contributed by atoms with Gasteiger partial charge < -0.3 is 0 Å². The SMILES string of the molecule is CC1(C)C2=Nc3c1cnc1c3N=C(c3[c-]c(ccc3)-c3[c-]c2ccc3)C1(C)C.[Pt+2]. The van der Waals surface area contributed by atoms with Crippen molar-refractivity contribution in [2.24, 2.45) is 9.98 Å². The van der Waals surface area contributed by atoms with Crippen molar-refractivity contribution < 1.29 is 21.1 Å². The third kappa shape index (κ3) is 2.31. The van der Waals surface area contributed by atoms with Crippen LogP contribution in [-0.4, -0.2) is 16.4 Å². The second-order valence-electron chi connectivity index (χ2n) is 8.84. The molecule has 0 amide bonds. The van der Waals surface area contributed by atoms with Crippen molar-refractivity contribution in [3.05, 3.63) is 77.1 Å². The van der Waals surface area contributed by atoms with Gasteiger partial charge in [-0.2, -0.15) is 35.4 Å². The van der Waals surface area contributed by atoms with Crippen molar-refractivity contribution in [2.45, 2.75) is 38.5 Å². The van der Waals surface area contributed by atoms with Gasteiger partial charge in [-0.05, 0) is 11.4 Å². The first-order valence-corrected chi connectivity index (χ1v) is 9.65. The molecule has 3 aliphatic heterocycles. The quantitative estimate of drug-likeness (QED) is 0.338. The van der Waals surface area contributed by atoms with E-state index in [2.05, 4.69) is 76.2 Å². The van der Waals surface area contributed by atoms with Crippen molar-refractivity contribution in [1.29, 1.82) is 0 Å². The fraction of sp³-hybridized carbons (Fsp3) is 0.240. The molecule has 0 radical (unpaired) electrons. The van der Waals surface area contributed by atoms with E-state index in [0.29, 0.717) is 0 Å². The van der Waals surface area contributed by atoms with Crippen LogP contribution in [0.15, 0.2) is 52.6 Å². The summed E-state index contributed by atoms with van der Waals surface area (Å²) in [5, 5.41) is 0. The van der Waals surface area contributed by atoms with Crippen molar-refractivity contribution in [2.75, 3.05) is 0 Å². The number of pyridine rings is 1. The maximum Gasteiger partial charge on any atom is 2.00 e. The zero-order valence-corrected chi connectivity index (χ0v) is 19.0. The van der Waals surface area contributed by atoms with Crippen LogP contribution in [0.1, 0.15) is 50.1 Å². The molecule has 0 N–H and O–H groups in total. The van der Waals surface area contributed by atoms with Crippen LogP contribution in [0, 0.1) is 12.1 Å². The molecular weight excluding hydrogens is 537 g/mol. The minimum Gasteiger partial charge on any atom is -0.288 e. The molecule has 0 aliphatic carbocycles. The predicted octanol–water partition coefficient (Wildman–Crippen LogP) is 5.48. The van der Waals surface area contributed by atoms with E-state index in [1.54, 1.807) is 0 Å².